The van der Waals surface area contributed by atoms with Crippen molar-refractivity contribution in [2.75, 3.05) is 42.5 Å². The molecule has 2 aliphatic rings. The molecule has 5 heterocycles. The number of nitrogens with zero attached hydrogens (tertiary/aromatic N) is 8. The highest BCUT2D eigenvalue weighted by atomic mass is 16.6. The summed E-state index contributed by atoms with van der Waals surface area (Å²) >= 11 is 0. The summed E-state index contributed by atoms with van der Waals surface area (Å²) in [6.45, 7) is 12.0. The van der Waals surface area contributed by atoms with Crippen LogP contribution in [0.1, 0.15) is 50.4 Å². The molecule has 1 fully saturated rings. The number of amides is 1. The second kappa shape index (κ2) is 8.73. The number of hydrogen-bond acceptors (Lipinski definition) is 8. The fourth-order valence-electron chi connectivity index (χ4n) is 4.76. The van der Waals surface area contributed by atoms with E-state index in [4.69, 9.17) is 9.72 Å². The largest absolute Gasteiger partial charge is 0.444 e. The number of fused-ring (bicyclic) bond motifs is 2. The SMILES string of the molecule is C[C@@H]1CN(c2ccc(C#N)c3ncnn23)Cc2ccc(N3CCN(C(=O)OC(C)(C)C)CC3)nc21. The van der Waals surface area contributed by atoms with Gasteiger partial charge in [0.1, 0.15) is 29.6 Å². The van der Waals surface area contributed by atoms with Gasteiger partial charge in [-0.2, -0.15) is 14.9 Å². The monoisotopic (exact) mass is 474 g/mol. The molecule has 5 rings (SSSR count). The van der Waals surface area contributed by atoms with E-state index in [1.807, 2.05) is 26.8 Å². The van der Waals surface area contributed by atoms with Crippen molar-refractivity contribution in [2.45, 2.75) is 45.8 Å². The Bertz CT molecular complexity index is 1300. The molecule has 10 heteroatoms. The molecule has 1 saturated heterocycles. The molecule has 0 N–H and O–H groups in total. The van der Waals surface area contributed by atoms with Crippen molar-refractivity contribution in [1.82, 2.24) is 24.5 Å². The number of pyridine rings is 2. The standard InChI is InChI=1S/C25H30N8O2/c1-17-14-32(21-8-6-18(13-26)23-27-16-28-33(21)23)15-19-5-7-20(29-22(17)19)30-9-11-31(12-10-30)24(34)35-25(2,3)4/h5-8,16-17H,9-12,14-15H2,1-4H3/t17-/m1/s1. The molecule has 10 nitrogen and oxygen atoms in total. The Balaban J connectivity index is 1.31. The van der Waals surface area contributed by atoms with Gasteiger partial charge in [0.15, 0.2) is 5.65 Å². The zero-order valence-corrected chi connectivity index (χ0v) is 20.6. The summed E-state index contributed by atoms with van der Waals surface area (Å²) in [5.41, 5.74) is 2.88. The van der Waals surface area contributed by atoms with Gasteiger partial charge in [0.05, 0.1) is 11.3 Å². The van der Waals surface area contributed by atoms with Gasteiger partial charge in [-0.1, -0.05) is 13.0 Å². The fourth-order valence-corrected chi connectivity index (χ4v) is 4.76. The normalized spacial score (nSPS) is 18.4. The van der Waals surface area contributed by atoms with Crippen molar-refractivity contribution in [3.05, 3.63) is 47.4 Å². The van der Waals surface area contributed by atoms with Gasteiger partial charge in [0, 0.05) is 45.2 Å². The molecular weight excluding hydrogens is 444 g/mol. The van der Waals surface area contributed by atoms with Crippen LogP contribution in [0, 0.1) is 11.3 Å². The van der Waals surface area contributed by atoms with Crippen LogP contribution in [0.25, 0.3) is 5.65 Å². The molecule has 1 atom stereocenters. The molecule has 0 unspecified atom stereocenters. The van der Waals surface area contributed by atoms with Gasteiger partial charge in [-0.05, 0) is 44.5 Å². The lowest BCUT2D eigenvalue weighted by molar-refractivity contribution is 0.0240. The minimum atomic E-state index is -0.490. The maximum Gasteiger partial charge on any atom is 0.410 e. The van der Waals surface area contributed by atoms with E-state index in [0.29, 0.717) is 30.8 Å². The third-order valence-corrected chi connectivity index (χ3v) is 6.42. The summed E-state index contributed by atoms with van der Waals surface area (Å²) in [5.74, 6) is 2.08. The number of rotatable bonds is 2. The van der Waals surface area contributed by atoms with Crippen molar-refractivity contribution < 1.29 is 9.53 Å². The van der Waals surface area contributed by atoms with Crippen LogP contribution >= 0.6 is 0 Å². The molecule has 3 aromatic rings. The minimum Gasteiger partial charge on any atom is -0.444 e. The molecule has 0 spiro atoms. The molecule has 0 aromatic carbocycles. The fraction of sp³-hybridized carbons (Fsp3) is 0.480. The van der Waals surface area contributed by atoms with Crippen molar-refractivity contribution in [1.29, 1.82) is 5.26 Å². The Morgan fingerprint density at radius 3 is 2.60 bits per heavy atom. The van der Waals surface area contributed by atoms with E-state index < -0.39 is 5.60 Å². The topological polar surface area (TPSA) is 103 Å². The van der Waals surface area contributed by atoms with E-state index in [1.165, 1.54) is 11.9 Å². The van der Waals surface area contributed by atoms with Gasteiger partial charge in [0.2, 0.25) is 0 Å². The number of piperazine rings is 1. The summed E-state index contributed by atoms with van der Waals surface area (Å²) < 4.78 is 7.25. The van der Waals surface area contributed by atoms with Gasteiger partial charge in [0.25, 0.3) is 0 Å². The van der Waals surface area contributed by atoms with Crippen LogP contribution in [-0.2, 0) is 11.3 Å². The molecule has 0 saturated carbocycles. The summed E-state index contributed by atoms with van der Waals surface area (Å²) in [6, 6.07) is 10.1. The first kappa shape index (κ1) is 22.9. The molecule has 2 aliphatic heterocycles. The van der Waals surface area contributed by atoms with Gasteiger partial charge < -0.3 is 19.4 Å². The molecular formula is C25H30N8O2. The quantitative estimate of drug-likeness (QED) is 0.558. The van der Waals surface area contributed by atoms with E-state index in [0.717, 1.165) is 37.0 Å². The lowest BCUT2D eigenvalue weighted by Gasteiger charge is -2.37. The van der Waals surface area contributed by atoms with Crippen LogP contribution in [0.2, 0.25) is 0 Å². The summed E-state index contributed by atoms with van der Waals surface area (Å²) in [4.78, 5) is 27.9. The number of carbonyl (C=O) groups is 1. The molecule has 0 radical (unpaired) electrons. The Morgan fingerprint density at radius 1 is 1.11 bits per heavy atom. The zero-order valence-electron chi connectivity index (χ0n) is 20.6. The average Bonchev–Trinajstić information content (AvgIpc) is 3.32. The van der Waals surface area contributed by atoms with E-state index in [-0.39, 0.29) is 12.0 Å². The molecule has 0 bridgehead atoms. The van der Waals surface area contributed by atoms with E-state index in [1.54, 1.807) is 15.5 Å². The Hall–Kier alpha value is -3.87. The molecule has 0 aliphatic carbocycles. The second-order valence-electron chi connectivity index (χ2n) is 10.2. The predicted octanol–water partition coefficient (Wildman–Crippen LogP) is 3.18. The zero-order chi connectivity index (χ0) is 24.7. The smallest absolute Gasteiger partial charge is 0.410 e. The third-order valence-electron chi connectivity index (χ3n) is 6.42. The van der Waals surface area contributed by atoms with Crippen LogP contribution < -0.4 is 9.80 Å². The van der Waals surface area contributed by atoms with Crippen LogP contribution in [0.3, 0.4) is 0 Å². The highest BCUT2D eigenvalue weighted by Crippen LogP contribution is 2.32. The van der Waals surface area contributed by atoms with Crippen molar-refractivity contribution in [3.8, 4) is 6.07 Å². The maximum atomic E-state index is 12.4. The average molecular weight is 475 g/mol. The number of anilines is 2. The van der Waals surface area contributed by atoms with Crippen molar-refractivity contribution >= 4 is 23.4 Å². The van der Waals surface area contributed by atoms with Gasteiger partial charge in [-0.25, -0.2) is 14.8 Å². The Kier molecular flexibility index (Phi) is 5.71. The minimum absolute atomic E-state index is 0.218. The summed E-state index contributed by atoms with van der Waals surface area (Å²) in [7, 11) is 0. The first-order valence-electron chi connectivity index (χ1n) is 11.9. The Labute approximate surface area is 204 Å². The number of ether oxygens (including phenoxy) is 1. The molecule has 1 amide bonds. The second-order valence-corrected chi connectivity index (χ2v) is 10.2. The lowest BCUT2D eigenvalue weighted by Crippen LogP contribution is -2.50. The summed E-state index contributed by atoms with van der Waals surface area (Å²) in [6.07, 6.45) is 1.23. The third kappa shape index (κ3) is 4.46. The predicted molar refractivity (Wildman–Crippen MR) is 131 cm³/mol. The molecule has 3 aromatic heterocycles. The number of carbonyl (C=O) groups excluding carboxylic acids is 1. The van der Waals surface area contributed by atoms with Gasteiger partial charge >= 0.3 is 6.09 Å². The molecule has 35 heavy (non-hydrogen) atoms. The van der Waals surface area contributed by atoms with Gasteiger partial charge in [-0.15, -0.1) is 0 Å². The number of nitriles is 1. The molecule has 182 valence electrons. The number of aromatic nitrogens is 4. The van der Waals surface area contributed by atoms with Crippen LogP contribution in [-0.4, -0.2) is 68.9 Å². The maximum absolute atomic E-state index is 12.4. The summed E-state index contributed by atoms with van der Waals surface area (Å²) in [5, 5.41) is 13.7. The Morgan fingerprint density at radius 2 is 1.89 bits per heavy atom. The van der Waals surface area contributed by atoms with Crippen LogP contribution in [0.5, 0.6) is 0 Å². The highest BCUT2D eigenvalue weighted by Gasteiger charge is 2.29. The van der Waals surface area contributed by atoms with Crippen molar-refractivity contribution in [3.63, 3.8) is 0 Å². The highest BCUT2D eigenvalue weighted by molar-refractivity contribution is 5.68. The first-order chi connectivity index (χ1) is 16.7. The van der Waals surface area contributed by atoms with Crippen LogP contribution in [0.4, 0.5) is 16.4 Å². The first-order valence-corrected chi connectivity index (χ1v) is 11.9. The van der Waals surface area contributed by atoms with E-state index in [2.05, 4.69) is 45.0 Å². The van der Waals surface area contributed by atoms with Gasteiger partial charge in [-0.3, -0.25) is 0 Å². The van der Waals surface area contributed by atoms with Crippen molar-refractivity contribution in [2.24, 2.45) is 0 Å². The van der Waals surface area contributed by atoms with E-state index in [9.17, 15) is 10.1 Å². The van der Waals surface area contributed by atoms with E-state index >= 15 is 0 Å². The number of hydrogen-bond donors (Lipinski definition) is 0. The van der Waals surface area contributed by atoms with Crippen LogP contribution in [0.15, 0.2) is 30.6 Å². The lowest BCUT2D eigenvalue weighted by atomic mass is 9.96.